The molecule has 0 unspecified atom stereocenters. The van der Waals surface area contributed by atoms with E-state index in [2.05, 4.69) is 178 Å². The second-order valence-electron chi connectivity index (χ2n) is 14.7. The van der Waals surface area contributed by atoms with Gasteiger partial charge in [0.15, 0.2) is 0 Å². The summed E-state index contributed by atoms with van der Waals surface area (Å²) in [6, 6.07) is 46.4. The van der Waals surface area contributed by atoms with Gasteiger partial charge in [-0.25, -0.2) is 0 Å². The smallest absolute Gasteiger partial charge is 0.252 e. The van der Waals surface area contributed by atoms with Crippen molar-refractivity contribution in [1.29, 1.82) is 0 Å². The Kier molecular flexibility index (Phi) is 6.86. The van der Waals surface area contributed by atoms with E-state index in [1.807, 2.05) is 0 Å². The predicted molar refractivity (Wildman–Crippen MR) is 208 cm³/mol. The molecule has 0 aromatic heterocycles. The minimum atomic E-state index is -1.42. The fourth-order valence-corrected chi connectivity index (χ4v) is 8.68. The first-order chi connectivity index (χ1) is 22.6. The van der Waals surface area contributed by atoms with E-state index in [0.717, 1.165) is 0 Å². The lowest BCUT2D eigenvalue weighted by molar-refractivity contribution is 1.24. The summed E-state index contributed by atoms with van der Waals surface area (Å²) in [5.41, 5.74) is 19.1. The van der Waals surface area contributed by atoms with Crippen LogP contribution in [0.4, 0.5) is 34.1 Å². The van der Waals surface area contributed by atoms with Gasteiger partial charge in [0.05, 0.1) is 8.07 Å². The van der Waals surface area contributed by atoms with Crippen LogP contribution in [-0.2, 0) is 0 Å². The van der Waals surface area contributed by atoms with E-state index in [0.29, 0.717) is 0 Å². The predicted octanol–water partition coefficient (Wildman–Crippen LogP) is 9.22. The molecule has 0 N–H and O–H groups in total. The molecule has 0 fully saturated rings. The van der Waals surface area contributed by atoms with Crippen LogP contribution in [0.15, 0.2) is 121 Å². The van der Waals surface area contributed by atoms with Crippen LogP contribution in [0, 0.1) is 27.7 Å². The van der Waals surface area contributed by atoms with Gasteiger partial charge in [0.25, 0.3) is 6.71 Å². The summed E-state index contributed by atoms with van der Waals surface area (Å²) in [5.74, 6) is 0. The number of fused-ring (bicyclic) bond motifs is 4. The third-order valence-corrected chi connectivity index (χ3v) is 12.1. The van der Waals surface area contributed by atoms with E-state index in [1.54, 1.807) is 0 Å². The molecule has 0 bridgehead atoms. The van der Waals surface area contributed by atoms with Crippen LogP contribution in [0.1, 0.15) is 22.3 Å². The fourth-order valence-electron chi connectivity index (χ4n) is 7.52. The van der Waals surface area contributed by atoms with Gasteiger partial charge in [-0.05, 0) is 104 Å². The van der Waals surface area contributed by atoms with Gasteiger partial charge in [0.1, 0.15) is 0 Å². The number of rotatable bonds is 4. The largest absolute Gasteiger partial charge is 0.311 e. The minimum absolute atomic E-state index is 0.122. The Balaban J connectivity index is 1.48. The van der Waals surface area contributed by atoms with Crippen LogP contribution >= 0.6 is 0 Å². The van der Waals surface area contributed by atoms with Crippen molar-refractivity contribution < 1.29 is 0 Å². The Bertz CT molecular complexity index is 2040. The fraction of sp³-hybridized carbons (Fsp3) is 0.163. The molecular weight excluding hydrogens is 583 g/mol. The molecule has 2 aliphatic heterocycles. The maximum atomic E-state index is 2.51. The number of hydrogen-bond donors (Lipinski definition) is 0. The van der Waals surface area contributed by atoms with Crippen LogP contribution in [-0.4, -0.2) is 14.8 Å². The molecule has 0 aliphatic carbocycles. The van der Waals surface area contributed by atoms with E-state index in [1.165, 1.54) is 89.1 Å². The molecule has 2 nitrogen and oxygen atoms in total. The van der Waals surface area contributed by atoms with Gasteiger partial charge in [-0.15, -0.1) is 0 Å². The molecule has 2 aliphatic rings. The minimum Gasteiger partial charge on any atom is -0.311 e. The Morgan fingerprint density at radius 2 is 0.851 bits per heavy atom. The lowest BCUT2D eigenvalue weighted by atomic mass is 9.33. The number of anilines is 6. The lowest BCUT2D eigenvalue weighted by Gasteiger charge is -2.44. The highest BCUT2D eigenvalue weighted by atomic mass is 28.3. The molecule has 0 spiro atoms. The molecule has 0 radical (unpaired) electrons. The molecule has 0 saturated carbocycles. The van der Waals surface area contributed by atoms with Crippen molar-refractivity contribution in [3.05, 3.63) is 144 Å². The van der Waals surface area contributed by atoms with Gasteiger partial charge in [0, 0.05) is 34.1 Å². The standard InChI is InChI=1S/C43H41BN2Si/c1-28-8-16-34(17-9-28)45-39-22-12-30(3)24-37(39)44-38-25-31(4)13-23-40(38)46(35-18-10-29(2)11-19-35)42-27-33(26-41(45)43(42)44)32-14-20-36(21-15-32)47(5,6)7/h8-27H,1-7H3. The average Bonchev–Trinajstić information content (AvgIpc) is 3.05. The van der Waals surface area contributed by atoms with E-state index in [-0.39, 0.29) is 6.71 Å². The Morgan fingerprint density at radius 3 is 1.28 bits per heavy atom. The highest BCUT2D eigenvalue weighted by Crippen LogP contribution is 2.46. The molecule has 0 amide bonds. The van der Waals surface area contributed by atoms with Crippen LogP contribution in [0.3, 0.4) is 0 Å². The second-order valence-corrected chi connectivity index (χ2v) is 19.7. The molecule has 4 heteroatoms. The first-order valence-electron chi connectivity index (χ1n) is 16.8. The first-order valence-corrected chi connectivity index (χ1v) is 20.3. The van der Waals surface area contributed by atoms with Gasteiger partial charge >= 0.3 is 0 Å². The van der Waals surface area contributed by atoms with Crippen LogP contribution in [0.5, 0.6) is 0 Å². The van der Waals surface area contributed by atoms with Crippen molar-refractivity contribution in [3.63, 3.8) is 0 Å². The highest BCUT2D eigenvalue weighted by molar-refractivity contribution is 7.00. The summed E-state index contributed by atoms with van der Waals surface area (Å²) < 4.78 is 0. The van der Waals surface area contributed by atoms with Crippen molar-refractivity contribution in [2.24, 2.45) is 0 Å². The van der Waals surface area contributed by atoms with Crippen LogP contribution in [0.2, 0.25) is 19.6 Å². The van der Waals surface area contributed by atoms with Crippen molar-refractivity contribution in [2.75, 3.05) is 9.80 Å². The summed E-state index contributed by atoms with van der Waals surface area (Å²) in [6.07, 6.45) is 0. The molecule has 230 valence electrons. The lowest BCUT2D eigenvalue weighted by Crippen LogP contribution is -2.61. The van der Waals surface area contributed by atoms with Crippen molar-refractivity contribution in [3.8, 4) is 11.1 Å². The molecule has 0 atom stereocenters. The summed E-state index contributed by atoms with van der Waals surface area (Å²) in [7, 11) is -1.42. The number of benzene rings is 6. The molecule has 2 heterocycles. The number of aryl methyl sites for hydroxylation is 4. The topological polar surface area (TPSA) is 6.48 Å². The third-order valence-electron chi connectivity index (χ3n) is 10.0. The van der Waals surface area contributed by atoms with E-state index < -0.39 is 8.07 Å². The molecular formula is C43H41BN2Si. The molecule has 6 aromatic carbocycles. The Morgan fingerprint density at radius 1 is 0.426 bits per heavy atom. The first kappa shape index (κ1) is 29.6. The van der Waals surface area contributed by atoms with Gasteiger partial charge in [-0.2, -0.15) is 0 Å². The third kappa shape index (κ3) is 4.94. The van der Waals surface area contributed by atoms with E-state index in [9.17, 15) is 0 Å². The van der Waals surface area contributed by atoms with Crippen molar-refractivity contribution >= 4 is 70.5 Å². The highest BCUT2D eigenvalue weighted by Gasteiger charge is 2.43. The summed E-state index contributed by atoms with van der Waals surface area (Å²) in [6.45, 7) is 16.2. The molecule has 8 rings (SSSR count). The normalized spacial score (nSPS) is 13.3. The monoisotopic (exact) mass is 624 g/mol. The maximum Gasteiger partial charge on any atom is 0.252 e. The molecule has 47 heavy (non-hydrogen) atoms. The van der Waals surface area contributed by atoms with Gasteiger partial charge < -0.3 is 9.80 Å². The molecule has 6 aromatic rings. The number of hydrogen-bond acceptors (Lipinski definition) is 2. The molecule has 0 saturated heterocycles. The zero-order chi connectivity index (χ0) is 32.6. The van der Waals surface area contributed by atoms with Crippen molar-refractivity contribution in [1.82, 2.24) is 0 Å². The Hall–Kier alpha value is -4.80. The maximum absolute atomic E-state index is 2.51. The summed E-state index contributed by atoms with van der Waals surface area (Å²) >= 11 is 0. The zero-order valence-electron chi connectivity index (χ0n) is 28.5. The zero-order valence-corrected chi connectivity index (χ0v) is 29.5. The van der Waals surface area contributed by atoms with Gasteiger partial charge in [-0.3, -0.25) is 0 Å². The quantitative estimate of drug-likeness (QED) is 0.180. The number of nitrogens with zero attached hydrogens (tertiary/aromatic N) is 2. The van der Waals surface area contributed by atoms with Crippen LogP contribution in [0.25, 0.3) is 11.1 Å². The Labute approximate surface area is 281 Å². The second kappa shape index (κ2) is 10.9. The van der Waals surface area contributed by atoms with Crippen LogP contribution < -0.4 is 31.4 Å². The SMILES string of the molecule is Cc1ccc(N2c3ccc(C)cc3B3c4cc(C)ccc4N(c4ccc(C)cc4)c4cc(-c5ccc([Si](C)(C)C)cc5)cc2c43)cc1. The van der Waals surface area contributed by atoms with E-state index >= 15 is 0 Å². The summed E-state index contributed by atoms with van der Waals surface area (Å²) in [4.78, 5) is 5.02. The van der Waals surface area contributed by atoms with E-state index in [4.69, 9.17) is 0 Å². The van der Waals surface area contributed by atoms with Gasteiger partial charge in [0.2, 0.25) is 0 Å². The average molecular weight is 625 g/mol. The van der Waals surface area contributed by atoms with Gasteiger partial charge in [-0.1, -0.05) is 120 Å². The van der Waals surface area contributed by atoms with Crippen molar-refractivity contribution in [2.45, 2.75) is 47.3 Å². The summed E-state index contributed by atoms with van der Waals surface area (Å²) in [5, 5.41) is 1.48.